The Morgan fingerprint density at radius 2 is 1.48 bits per heavy atom. The van der Waals surface area contributed by atoms with Gasteiger partial charge in [0.25, 0.3) is 0 Å². The van der Waals surface area contributed by atoms with Crippen LogP contribution in [0.15, 0.2) is 63.1 Å². The zero-order valence-electron chi connectivity index (χ0n) is 18.7. The Morgan fingerprint density at radius 1 is 0.897 bits per heavy atom. The summed E-state index contributed by atoms with van der Waals surface area (Å²) in [4.78, 5) is 0. The van der Waals surface area contributed by atoms with Gasteiger partial charge in [-0.1, -0.05) is 0 Å². The van der Waals surface area contributed by atoms with Crippen molar-refractivity contribution in [1.82, 2.24) is 0 Å². The van der Waals surface area contributed by atoms with Gasteiger partial charge >= 0.3 is 172 Å². The van der Waals surface area contributed by atoms with Crippen molar-refractivity contribution in [2.24, 2.45) is 5.41 Å². The minimum atomic E-state index is -1.98. The van der Waals surface area contributed by atoms with Crippen LogP contribution in [0.4, 0.5) is 0 Å². The Kier molecular flexibility index (Phi) is 9.43. The van der Waals surface area contributed by atoms with Crippen LogP contribution < -0.4 is 3.32 Å². The first kappa shape index (κ1) is 26.2. The quantitative estimate of drug-likeness (QED) is 0.409. The molecule has 0 unspecified atom stereocenters. The topological polar surface area (TPSA) is 9.23 Å². The van der Waals surface area contributed by atoms with Crippen LogP contribution in [-0.2, 0) is 17.8 Å². The van der Waals surface area contributed by atoms with E-state index in [1.165, 1.54) is 31.7 Å². The Bertz CT molecular complexity index is 900. The minimum absolute atomic E-state index is 0. The first-order valence-electron chi connectivity index (χ1n) is 9.91. The molecule has 0 spiro atoms. The molecule has 0 saturated carbocycles. The number of halogens is 2. The van der Waals surface area contributed by atoms with Crippen LogP contribution in [0.3, 0.4) is 0 Å². The number of aryl methyl sites for hydroxylation is 2. The van der Waals surface area contributed by atoms with Crippen molar-refractivity contribution in [3.63, 3.8) is 0 Å². The fourth-order valence-electron chi connectivity index (χ4n) is 4.04. The van der Waals surface area contributed by atoms with E-state index in [4.69, 9.17) is 3.32 Å². The summed E-state index contributed by atoms with van der Waals surface area (Å²) in [6, 6.07) is 6.58. The van der Waals surface area contributed by atoms with Crippen LogP contribution >= 0.6 is 24.8 Å². The van der Waals surface area contributed by atoms with Crippen LogP contribution in [0.25, 0.3) is 0 Å². The van der Waals surface area contributed by atoms with E-state index >= 15 is 0 Å². The van der Waals surface area contributed by atoms with Crippen molar-refractivity contribution in [2.45, 2.75) is 61.3 Å². The molecule has 1 aromatic rings. The maximum absolute atomic E-state index is 6.72. The molecule has 0 heterocycles. The van der Waals surface area contributed by atoms with E-state index < -0.39 is 17.8 Å². The van der Waals surface area contributed by atoms with Crippen molar-refractivity contribution in [2.75, 3.05) is 0 Å². The maximum atomic E-state index is 6.72. The van der Waals surface area contributed by atoms with Gasteiger partial charge in [-0.2, -0.15) is 0 Å². The summed E-state index contributed by atoms with van der Waals surface area (Å²) in [5.74, 6) is 1.04. The van der Waals surface area contributed by atoms with E-state index in [9.17, 15) is 0 Å². The molecule has 0 aliphatic heterocycles. The predicted octanol–water partition coefficient (Wildman–Crippen LogP) is 7.79. The van der Waals surface area contributed by atoms with Crippen molar-refractivity contribution in [1.29, 1.82) is 0 Å². The molecule has 0 N–H and O–H groups in total. The van der Waals surface area contributed by atoms with Gasteiger partial charge in [-0.25, -0.2) is 0 Å². The molecule has 0 bridgehead atoms. The smallest absolute Gasteiger partial charge is 0.147 e. The number of allylic oxidation sites excluding steroid dienone is 8. The van der Waals surface area contributed by atoms with Crippen LogP contribution in [0.1, 0.15) is 58.6 Å². The second kappa shape index (κ2) is 10.4. The maximum Gasteiger partial charge on any atom is -0.147 e. The van der Waals surface area contributed by atoms with Gasteiger partial charge in [0.2, 0.25) is 0 Å². The third-order valence-electron chi connectivity index (χ3n) is 5.14. The van der Waals surface area contributed by atoms with E-state index in [0.717, 1.165) is 18.6 Å². The second-order valence-corrected chi connectivity index (χ2v) is 12.9. The molecule has 0 fully saturated rings. The van der Waals surface area contributed by atoms with Crippen molar-refractivity contribution >= 4 is 28.6 Å². The Hall–Kier alpha value is -0.856. The molecular weight excluding hydrogens is 435 g/mol. The minimum Gasteiger partial charge on any atom is -0.147 e. The molecule has 2 aliphatic rings. The fraction of sp³-hybridized carbons (Fsp3) is 0.400. The fourth-order valence-corrected chi connectivity index (χ4v) is 7.27. The molecule has 1 aromatic carbocycles. The summed E-state index contributed by atoms with van der Waals surface area (Å²) in [6.07, 6.45) is 11.4. The van der Waals surface area contributed by atoms with Gasteiger partial charge in [-0.05, 0) is 0 Å². The second-order valence-electron chi connectivity index (χ2n) is 9.00. The molecule has 0 radical (unpaired) electrons. The van der Waals surface area contributed by atoms with Crippen LogP contribution in [-0.4, -0.2) is 3.81 Å². The number of rotatable bonds is 4. The van der Waals surface area contributed by atoms with Crippen LogP contribution in [0.2, 0.25) is 0 Å². The summed E-state index contributed by atoms with van der Waals surface area (Å²) < 4.78 is 9.75. The molecule has 158 valence electrons. The average Bonchev–Trinajstić information content (AvgIpc) is 3.19. The zero-order chi connectivity index (χ0) is 19.8. The van der Waals surface area contributed by atoms with Crippen LogP contribution in [0, 0.1) is 19.3 Å². The Labute approximate surface area is 195 Å². The first-order valence-corrected chi connectivity index (χ1v) is 12.1. The summed E-state index contributed by atoms with van der Waals surface area (Å²) in [6.45, 7) is 15.8. The number of hydrogen-bond donors (Lipinski definition) is 0. The van der Waals surface area contributed by atoms with Gasteiger partial charge in [0.15, 0.2) is 0 Å². The number of benzene rings is 1. The van der Waals surface area contributed by atoms with E-state index in [1.807, 2.05) is 0 Å². The molecule has 4 heteroatoms. The van der Waals surface area contributed by atoms with E-state index in [0.29, 0.717) is 0 Å². The van der Waals surface area contributed by atoms with Crippen LogP contribution in [0.5, 0.6) is 5.75 Å². The molecular formula is C25H34Cl2OTi. The molecule has 3 rings (SSSR count). The standard InChI is InChI=1S/C14H17.C8H10O.C3H6.2ClH.Ti/c1-14(2,3)13-10-6-9-12(13)11-7-4-5-8-11;1-6-3-7(2)5-8(9)4-6;1-3-2;;;/h4,6-7,10H,5,9H2,1-3H3;3-5,9H,1-2H3;1-2H3;2*1H;/q;;;;;+1/p-1. The molecule has 0 atom stereocenters. The largest absolute Gasteiger partial charge is 0.147 e. The summed E-state index contributed by atoms with van der Waals surface area (Å²) in [5.41, 5.74) is 7.18. The normalized spacial score (nSPS) is 15.4. The van der Waals surface area contributed by atoms with Gasteiger partial charge in [0, 0.05) is 0 Å². The Morgan fingerprint density at radius 3 is 2.03 bits per heavy atom. The summed E-state index contributed by atoms with van der Waals surface area (Å²) in [5, 5.41) is 0. The van der Waals surface area contributed by atoms with E-state index in [1.54, 1.807) is 3.88 Å². The van der Waals surface area contributed by atoms with E-state index in [2.05, 4.69) is 91.0 Å². The van der Waals surface area contributed by atoms with Crippen molar-refractivity contribution in [3.8, 4) is 5.75 Å². The molecule has 0 saturated heterocycles. The molecule has 1 nitrogen and oxygen atoms in total. The average molecular weight is 469 g/mol. The van der Waals surface area contributed by atoms with Gasteiger partial charge in [-0.15, -0.1) is 24.8 Å². The third-order valence-corrected chi connectivity index (χ3v) is 8.84. The van der Waals surface area contributed by atoms with Crippen molar-refractivity contribution < 1.29 is 21.1 Å². The molecule has 2 aliphatic carbocycles. The first-order chi connectivity index (χ1) is 12.7. The van der Waals surface area contributed by atoms with Gasteiger partial charge in [0.1, 0.15) is 0 Å². The third kappa shape index (κ3) is 6.08. The monoisotopic (exact) mass is 468 g/mol. The summed E-state index contributed by atoms with van der Waals surface area (Å²) >= 11 is -1.98. The SMILES string of the molecule is C[C](C)=[Ti]([O]c1cc(C)cc(C)c1)[C]1=C(C2=C(C(C)(C)C)C=CC2)C=CC1.Cl.Cl. The van der Waals surface area contributed by atoms with Gasteiger partial charge < -0.3 is 0 Å². The zero-order valence-corrected chi connectivity index (χ0v) is 21.9. The van der Waals surface area contributed by atoms with E-state index in [-0.39, 0.29) is 30.2 Å². The van der Waals surface area contributed by atoms with Gasteiger partial charge in [0.05, 0.1) is 0 Å². The number of hydrogen-bond acceptors (Lipinski definition) is 1. The molecule has 0 amide bonds. The van der Waals surface area contributed by atoms with Crippen molar-refractivity contribution in [3.05, 3.63) is 74.2 Å². The summed E-state index contributed by atoms with van der Waals surface area (Å²) in [7, 11) is 0. The predicted molar refractivity (Wildman–Crippen MR) is 128 cm³/mol. The van der Waals surface area contributed by atoms with Gasteiger partial charge in [-0.3, -0.25) is 0 Å². The Balaban J connectivity index is 0.00000210. The molecule has 0 aromatic heterocycles. The molecule has 29 heavy (non-hydrogen) atoms.